The van der Waals surface area contributed by atoms with E-state index >= 15 is 0 Å². The molecule has 1 aromatic carbocycles. The minimum atomic E-state index is 0.555. The van der Waals surface area contributed by atoms with Gasteiger partial charge in [-0.05, 0) is 39.8 Å². The fourth-order valence-corrected chi connectivity index (χ4v) is 2.60. The first-order chi connectivity index (χ1) is 10.1. The first-order valence-electron chi connectivity index (χ1n) is 7.67. The Kier molecular flexibility index (Phi) is 5.39. The van der Waals surface area contributed by atoms with E-state index < -0.39 is 0 Å². The van der Waals surface area contributed by atoms with Crippen LogP contribution in [0.2, 0.25) is 0 Å². The molecule has 1 heterocycles. The number of anilines is 2. The van der Waals surface area contributed by atoms with Crippen LogP contribution in [0.25, 0.3) is 0 Å². The summed E-state index contributed by atoms with van der Waals surface area (Å²) < 4.78 is 2.17. The van der Waals surface area contributed by atoms with Crippen molar-refractivity contribution >= 4 is 11.6 Å². The van der Waals surface area contributed by atoms with Crippen LogP contribution in [0.4, 0.5) is 11.6 Å². The molecule has 4 heteroatoms. The number of benzene rings is 1. The Labute approximate surface area is 127 Å². The molecule has 2 rings (SSSR count). The molecule has 0 aliphatic rings. The molecule has 0 unspecified atom stereocenters. The molecule has 21 heavy (non-hydrogen) atoms. The summed E-state index contributed by atoms with van der Waals surface area (Å²) in [6.45, 7) is 10.9. The van der Waals surface area contributed by atoms with Gasteiger partial charge in [0.2, 0.25) is 5.95 Å². The molecule has 0 bridgehead atoms. The lowest BCUT2D eigenvalue weighted by molar-refractivity contribution is 0.168. The van der Waals surface area contributed by atoms with Gasteiger partial charge in [0.05, 0.1) is 0 Å². The molecule has 0 saturated carbocycles. The van der Waals surface area contributed by atoms with Gasteiger partial charge in [-0.25, -0.2) is 4.98 Å². The van der Waals surface area contributed by atoms with Crippen LogP contribution < -0.4 is 5.32 Å². The lowest BCUT2D eigenvalue weighted by Gasteiger charge is -2.30. The SMILES string of the molecule is CC(C)N(CCn1ccnc1Nc1ccccc1)C(C)C. The van der Waals surface area contributed by atoms with Gasteiger partial charge in [-0.1, -0.05) is 18.2 Å². The molecule has 0 aliphatic heterocycles. The van der Waals surface area contributed by atoms with E-state index in [1.54, 1.807) is 0 Å². The second kappa shape index (κ2) is 7.27. The minimum absolute atomic E-state index is 0.555. The molecule has 0 radical (unpaired) electrons. The van der Waals surface area contributed by atoms with Gasteiger partial charge >= 0.3 is 0 Å². The number of hydrogen-bond acceptors (Lipinski definition) is 3. The van der Waals surface area contributed by atoms with Gasteiger partial charge in [0.1, 0.15) is 0 Å². The van der Waals surface area contributed by atoms with Crippen LogP contribution in [0.15, 0.2) is 42.7 Å². The van der Waals surface area contributed by atoms with E-state index in [-0.39, 0.29) is 0 Å². The molecule has 0 amide bonds. The second-order valence-corrected chi connectivity index (χ2v) is 5.86. The van der Waals surface area contributed by atoms with Gasteiger partial charge in [-0.2, -0.15) is 0 Å². The average molecular weight is 286 g/mol. The van der Waals surface area contributed by atoms with Crippen molar-refractivity contribution in [2.75, 3.05) is 11.9 Å². The van der Waals surface area contributed by atoms with Crippen LogP contribution in [0.5, 0.6) is 0 Å². The Bertz CT molecular complexity index is 523. The van der Waals surface area contributed by atoms with Crippen LogP contribution in [-0.2, 0) is 6.54 Å². The van der Waals surface area contributed by atoms with Crippen molar-refractivity contribution in [1.82, 2.24) is 14.5 Å². The van der Waals surface area contributed by atoms with Crippen molar-refractivity contribution in [2.45, 2.75) is 46.3 Å². The Morgan fingerprint density at radius 1 is 1.10 bits per heavy atom. The highest BCUT2D eigenvalue weighted by Gasteiger charge is 2.13. The highest BCUT2D eigenvalue weighted by Crippen LogP contribution is 2.14. The number of imidazole rings is 1. The number of nitrogens with one attached hydrogen (secondary N) is 1. The summed E-state index contributed by atoms with van der Waals surface area (Å²) in [5.41, 5.74) is 1.06. The maximum atomic E-state index is 4.41. The van der Waals surface area contributed by atoms with Gasteiger partial charge < -0.3 is 9.88 Å². The third-order valence-corrected chi connectivity index (χ3v) is 3.67. The zero-order valence-corrected chi connectivity index (χ0v) is 13.5. The summed E-state index contributed by atoms with van der Waals surface area (Å²) in [5.74, 6) is 0.897. The van der Waals surface area contributed by atoms with Gasteiger partial charge in [0.15, 0.2) is 0 Å². The summed E-state index contributed by atoms with van der Waals surface area (Å²) >= 11 is 0. The smallest absolute Gasteiger partial charge is 0.207 e. The molecule has 4 nitrogen and oxygen atoms in total. The minimum Gasteiger partial charge on any atom is -0.326 e. The standard InChI is InChI=1S/C17H26N4/c1-14(2)21(15(3)4)13-12-20-11-10-18-17(20)19-16-8-6-5-7-9-16/h5-11,14-15H,12-13H2,1-4H3,(H,18,19). The van der Waals surface area contributed by atoms with Crippen molar-refractivity contribution in [3.8, 4) is 0 Å². The molecule has 1 N–H and O–H groups in total. The molecule has 114 valence electrons. The highest BCUT2D eigenvalue weighted by molar-refractivity contribution is 5.52. The van der Waals surface area contributed by atoms with E-state index in [1.807, 2.05) is 42.7 Å². The van der Waals surface area contributed by atoms with Crippen LogP contribution in [0.1, 0.15) is 27.7 Å². The van der Waals surface area contributed by atoms with E-state index in [9.17, 15) is 0 Å². The number of rotatable bonds is 7. The van der Waals surface area contributed by atoms with Crippen LogP contribution in [0.3, 0.4) is 0 Å². The van der Waals surface area contributed by atoms with Crippen molar-refractivity contribution in [3.05, 3.63) is 42.7 Å². The Balaban J connectivity index is 2.00. The maximum absolute atomic E-state index is 4.41. The van der Waals surface area contributed by atoms with Gasteiger partial charge in [0.25, 0.3) is 0 Å². The molecule has 1 aromatic heterocycles. The number of aromatic nitrogens is 2. The normalized spacial score (nSPS) is 11.6. The zero-order chi connectivity index (χ0) is 15.2. The predicted molar refractivity (Wildman–Crippen MR) is 88.9 cm³/mol. The molecular formula is C17H26N4. The topological polar surface area (TPSA) is 33.1 Å². The Morgan fingerprint density at radius 2 is 1.76 bits per heavy atom. The first-order valence-corrected chi connectivity index (χ1v) is 7.67. The second-order valence-electron chi connectivity index (χ2n) is 5.86. The average Bonchev–Trinajstić information content (AvgIpc) is 2.87. The predicted octanol–water partition coefficient (Wildman–Crippen LogP) is 3.75. The van der Waals surface area contributed by atoms with E-state index in [4.69, 9.17) is 0 Å². The summed E-state index contributed by atoms with van der Waals surface area (Å²) in [5, 5.41) is 3.37. The fraction of sp³-hybridized carbons (Fsp3) is 0.471. The fourth-order valence-electron chi connectivity index (χ4n) is 2.60. The molecule has 0 atom stereocenters. The monoisotopic (exact) mass is 286 g/mol. The van der Waals surface area contributed by atoms with Gasteiger partial charge in [-0.3, -0.25) is 4.90 Å². The third-order valence-electron chi connectivity index (χ3n) is 3.67. The molecule has 0 aliphatic carbocycles. The summed E-state index contributed by atoms with van der Waals surface area (Å²) in [6.07, 6.45) is 3.88. The maximum Gasteiger partial charge on any atom is 0.207 e. The summed E-state index contributed by atoms with van der Waals surface area (Å²) in [4.78, 5) is 6.90. The number of hydrogen-bond donors (Lipinski definition) is 1. The molecule has 0 spiro atoms. The quantitative estimate of drug-likeness (QED) is 0.841. The Hall–Kier alpha value is -1.81. The van der Waals surface area contributed by atoms with Gasteiger partial charge in [0, 0.05) is 43.3 Å². The van der Waals surface area contributed by atoms with Crippen LogP contribution >= 0.6 is 0 Å². The van der Waals surface area contributed by atoms with Crippen LogP contribution in [-0.4, -0.2) is 33.1 Å². The van der Waals surface area contributed by atoms with Crippen LogP contribution in [0, 0.1) is 0 Å². The van der Waals surface area contributed by atoms with Gasteiger partial charge in [-0.15, -0.1) is 0 Å². The summed E-state index contributed by atoms with van der Waals surface area (Å²) in [7, 11) is 0. The van der Waals surface area contributed by atoms with E-state index in [0.29, 0.717) is 12.1 Å². The molecule has 0 fully saturated rings. The third kappa shape index (κ3) is 4.33. The number of nitrogens with zero attached hydrogens (tertiary/aromatic N) is 3. The van der Waals surface area contributed by atoms with Crippen molar-refractivity contribution in [2.24, 2.45) is 0 Å². The Morgan fingerprint density at radius 3 is 2.38 bits per heavy atom. The summed E-state index contributed by atoms with van der Waals surface area (Å²) in [6, 6.07) is 11.3. The van der Waals surface area contributed by atoms with Crippen molar-refractivity contribution < 1.29 is 0 Å². The van der Waals surface area contributed by atoms with Crippen molar-refractivity contribution in [1.29, 1.82) is 0 Å². The van der Waals surface area contributed by atoms with Crippen molar-refractivity contribution in [3.63, 3.8) is 0 Å². The largest absolute Gasteiger partial charge is 0.326 e. The van der Waals surface area contributed by atoms with E-state index in [1.165, 1.54) is 0 Å². The molecular weight excluding hydrogens is 260 g/mol. The molecule has 2 aromatic rings. The first kappa shape index (κ1) is 15.6. The molecule has 0 saturated heterocycles. The number of para-hydroxylation sites is 1. The lowest BCUT2D eigenvalue weighted by atomic mass is 10.2. The zero-order valence-electron chi connectivity index (χ0n) is 13.5. The van der Waals surface area contributed by atoms with E-state index in [2.05, 4.69) is 47.5 Å². The lowest BCUT2D eigenvalue weighted by Crippen LogP contribution is -2.39. The van der Waals surface area contributed by atoms with E-state index in [0.717, 1.165) is 24.7 Å². The highest BCUT2D eigenvalue weighted by atomic mass is 15.2.